The van der Waals surface area contributed by atoms with Crippen LogP contribution < -0.4 is 11.5 Å². The van der Waals surface area contributed by atoms with E-state index in [0.717, 1.165) is 45.0 Å². The van der Waals surface area contributed by atoms with Crippen molar-refractivity contribution >= 4 is 11.4 Å². The number of nitrogen functional groups attached to an aromatic ring is 2. The van der Waals surface area contributed by atoms with Gasteiger partial charge in [0.1, 0.15) is 0 Å². The summed E-state index contributed by atoms with van der Waals surface area (Å²) >= 11 is 0. The number of anilines is 2. The summed E-state index contributed by atoms with van der Waals surface area (Å²) in [6.45, 7) is 0. The number of aromatic amines is 1. The molecule has 1 aromatic heterocycles. The molecule has 1 heterocycles. The maximum atomic E-state index is 5.96. The first-order chi connectivity index (χ1) is 15.2. The first-order valence-electron chi connectivity index (χ1n) is 10.3. The van der Waals surface area contributed by atoms with Crippen molar-refractivity contribution in [3.8, 4) is 44.8 Å². The Morgan fingerprint density at radius 1 is 0.387 bits per heavy atom. The molecule has 3 nitrogen and oxygen atoms in total. The Morgan fingerprint density at radius 3 is 1.10 bits per heavy atom. The molecule has 0 amide bonds. The summed E-state index contributed by atoms with van der Waals surface area (Å²) < 4.78 is 0. The second-order valence-electron chi connectivity index (χ2n) is 7.60. The number of nitrogens with one attached hydrogen (secondary N) is 1. The predicted octanol–water partition coefficient (Wildman–Crippen LogP) is 6.85. The van der Waals surface area contributed by atoms with Crippen LogP contribution in [-0.2, 0) is 0 Å². The van der Waals surface area contributed by atoms with Crippen molar-refractivity contribution in [2.24, 2.45) is 0 Å². The summed E-state index contributed by atoms with van der Waals surface area (Å²) in [6, 6.07) is 37.0. The third-order valence-corrected chi connectivity index (χ3v) is 5.52. The molecular formula is C28H23N3. The van der Waals surface area contributed by atoms with Gasteiger partial charge >= 0.3 is 0 Å². The minimum Gasteiger partial charge on any atom is -0.399 e. The lowest BCUT2D eigenvalue weighted by Crippen LogP contribution is -1.87. The molecule has 5 N–H and O–H groups in total. The van der Waals surface area contributed by atoms with Crippen molar-refractivity contribution in [3.05, 3.63) is 109 Å². The zero-order valence-corrected chi connectivity index (χ0v) is 17.0. The van der Waals surface area contributed by atoms with Crippen LogP contribution >= 0.6 is 0 Å². The lowest BCUT2D eigenvalue weighted by molar-refractivity contribution is 1.39. The Bertz CT molecular complexity index is 1200. The summed E-state index contributed by atoms with van der Waals surface area (Å²) in [5, 5.41) is 0. The van der Waals surface area contributed by atoms with E-state index in [2.05, 4.69) is 77.8 Å². The molecule has 0 aliphatic heterocycles. The van der Waals surface area contributed by atoms with Gasteiger partial charge in [-0.2, -0.15) is 0 Å². The lowest BCUT2D eigenvalue weighted by atomic mass is 9.91. The number of nitrogens with two attached hydrogens (primary N) is 2. The normalized spacial score (nSPS) is 10.8. The monoisotopic (exact) mass is 401 g/mol. The first-order valence-corrected chi connectivity index (χ1v) is 10.3. The zero-order chi connectivity index (χ0) is 21.2. The minimum atomic E-state index is 0.749. The molecular weight excluding hydrogens is 378 g/mol. The fourth-order valence-corrected chi connectivity index (χ4v) is 4.02. The van der Waals surface area contributed by atoms with Crippen LogP contribution in [0.25, 0.3) is 44.8 Å². The molecule has 150 valence electrons. The van der Waals surface area contributed by atoms with Crippen LogP contribution in [-0.4, -0.2) is 4.98 Å². The van der Waals surface area contributed by atoms with Gasteiger partial charge < -0.3 is 16.5 Å². The van der Waals surface area contributed by atoms with Gasteiger partial charge in [-0.25, -0.2) is 0 Å². The Labute approximate surface area is 182 Å². The maximum absolute atomic E-state index is 5.96. The van der Waals surface area contributed by atoms with Gasteiger partial charge in [0.25, 0.3) is 0 Å². The highest BCUT2D eigenvalue weighted by molar-refractivity contribution is 6.01. The van der Waals surface area contributed by atoms with Crippen LogP contribution in [0.2, 0.25) is 0 Å². The average molecular weight is 402 g/mol. The van der Waals surface area contributed by atoms with Crippen molar-refractivity contribution in [2.75, 3.05) is 11.5 Å². The van der Waals surface area contributed by atoms with Crippen molar-refractivity contribution < 1.29 is 0 Å². The molecule has 0 aliphatic rings. The number of rotatable bonds is 4. The van der Waals surface area contributed by atoms with E-state index >= 15 is 0 Å². The summed E-state index contributed by atoms with van der Waals surface area (Å²) in [6.07, 6.45) is 0. The highest BCUT2D eigenvalue weighted by Crippen LogP contribution is 2.46. The van der Waals surface area contributed by atoms with Gasteiger partial charge in [0.05, 0.1) is 11.4 Å². The Morgan fingerprint density at radius 2 is 0.742 bits per heavy atom. The van der Waals surface area contributed by atoms with Crippen molar-refractivity contribution in [1.82, 2.24) is 4.98 Å². The number of hydrogen-bond donors (Lipinski definition) is 3. The minimum absolute atomic E-state index is 0.749. The maximum Gasteiger partial charge on any atom is 0.0544 e. The van der Waals surface area contributed by atoms with E-state index in [4.69, 9.17) is 11.5 Å². The Hall–Kier alpha value is -4.24. The van der Waals surface area contributed by atoms with Gasteiger partial charge in [0.2, 0.25) is 0 Å². The van der Waals surface area contributed by atoms with E-state index in [1.54, 1.807) is 0 Å². The fraction of sp³-hybridized carbons (Fsp3) is 0. The summed E-state index contributed by atoms with van der Waals surface area (Å²) in [7, 11) is 0. The van der Waals surface area contributed by atoms with Gasteiger partial charge in [-0.05, 0) is 46.5 Å². The van der Waals surface area contributed by atoms with Crippen molar-refractivity contribution in [3.63, 3.8) is 0 Å². The zero-order valence-electron chi connectivity index (χ0n) is 17.0. The molecule has 5 aromatic rings. The van der Waals surface area contributed by atoms with Gasteiger partial charge in [-0.1, -0.05) is 84.9 Å². The summed E-state index contributed by atoms with van der Waals surface area (Å²) in [5.41, 5.74) is 22.4. The third kappa shape index (κ3) is 3.58. The van der Waals surface area contributed by atoms with E-state index in [9.17, 15) is 0 Å². The van der Waals surface area contributed by atoms with Crippen LogP contribution in [0.3, 0.4) is 0 Å². The standard InChI is InChI=1S/C28H23N3/c29-23-15-11-21(12-16-23)27-25(19-7-3-1-4-8-19)26(20-9-5-2-6-10-20)28(31-27)22-13-17-24(30)18-14-22/h1-18,31H,29-30H2. The number of aromatic nitrogens is 1. The molecule has 3 heteroatoms. The van der Waals surface area contributed by atoms with Crippen LogP contribution in [0.1, 0.15) is 0 Å². The molecule has 0 saturated carbocycles. The second-order valence-corrected chi connectivity index (χ2v) is 7.60. The quantitative estimate of drug-likeness (QED) is 0.288. The molecule has 0 radical (unpaired) electrons. The van der Waals surface area contributed by atoms with Crippen LogP contribution in [0.4, 0.5) is 11.4 Å². The van der Waals surface area contributed by atoms with Gasteiger partial charge in [0.15, 0.2) is 0 Å². The van der Waals surface area contributed by atoms with E-state index in [-0.39, 0.29) is 0 Å². The number of benzene rings is 4. The number of hydrogen-bond acceptors (Lipinski definition) is 2. The van der Waals surface area contributed by atoms with Gasteiger partial charge in [-0.3, -0.25) is 0 Å². The van der Waals surface area contributed by atoms with Crippen LogP contribution in [0.15, 0.2) is 109 Å². The van der Waals surface area contributed by atoms with E-state index in [1.165, 1.54) is 11.1 Å². The molecule has 5 rings (SSSR count). The van der Waals surface area contributed by atoms with Crippen molar-refractivity contribution in [1.29, 1.82) is 0 Å². The average Bonchev–Trinajstić information content (AvgIpc) is 3.22. The van der Waals surface area contributed by atoms with E-state index in [1.807, 2.05) is 36.4 Å². The molecule has 31 heavy (non-hydrogen) atoms. The van der Waals surface area contributed by atoms with E-state index < -0.39 is 0 Å². The fourth-order valence-electron chi connectivity index (χ4n) is 4.02. The highest BCUT2D eigenvalue weighted by atomic mass is 14.7. The molecule has 0 saturated heterocycles. The van der Waals surface area contributed by atoms with E-state index in [0.29, 0.717) is 0 Å². The van der Waals surface area contributed by atoms with Crippen LogP contribution in [0.5, 0.6) is 0 Å². The summed E-state index contributed by atoms with van der Waals surface area (Å²) in [5.74, 6) is 0. The number of H-pyrrole nitrogens is 1. The molecule has 0 atom stereocenters. The third-order valence-electron chi connectivity index (χ3n) is 5.52. The van der Waals surface area contributed by atoms with Crippen molar-refractivity contribution in [2.45, 2.75) is 0 Å². The Kier molecular flexibility index (Phi) is 4.77. The Balaban J connectivity index is 1.87. The largest absolute Gasteiger partial charge is 0.399 e. The highest BCUT2D eigenvalue weighted by Gasteiger charge is 2.22. The first kappa shape index (κ1) is 18.8. The predicted molar refractivity (Wildman–Crippen MR) is 131 cm³/mol. The molecule has 4 aromatic carbocycles. The van der Waals surface area contributed by atoms with Gasteiger partial charge in [0, 0.05) is 22.5 Å². The molecule has 0 unspecified atom stereocenters. The molecule has 0 fully saturated rings. The van der Waals surface area contributed by atoms with Crippen LogP contribution in [0, 0.1) is 0 Å². The lowest BCUT2D eigenvalue weighted by Gasteiger charge is -2.10. The topological polar surface area (TPSA) is 67.8 Å². The SMILES string of the molecule is Nc1ccc(-c2[nH]c(-c3ccc(N)cc3)c(-c3ccccc3)c2-c2ccccc2)cc1. The molecule has 0 aliphatic carbocycles. The summed E-state index contributed by atoms with van der Waals surface area (Å²) in [4.78, 5) is 3.74. The second kappa shape index (κ2) is 7.88. The smallest absolute Gasteiger partial charge is 0.0544 e. The molecule has 0 bridgehead atoms. The molecule has 0 spiro atoms. The van der Waals surface area contributed by atoms with Gasteiger partial charge in [-0.15, -0.1) is 0 Å².